The molecule has 2 rings (SSSR count). The van der Waals surface area contributed by atoms with Crippen molar-refractivity contribution in [3.8, 4) is 0 Å². The highest BCUT2D eigenvalue weighted by molar-refractivity contribution is 5.74. The van der Waals surface area contributed by atoms with Crippen LogP contribution in [0.5, 0.6) is 0 Å². The number of para-hydroxylation sites is 2. The average Bonchev–Trinajstić information content (AvgIpc) is 2.82. The normalized spacial score (nSPS) is 12.9. The minimum atomic E-state index is -0.265. The van der Waals surface area contributed by atoms with E-state index in [9.17, 15) is 5.11 Å². The summed E-state index contributed by atoms with van der Waals surface area (Å²) >= 11 is 0. The molecule has 3 nitrogen and oxygen atoms in total. The Morgan fingerprint density at radius 2 is 1.95 bits per heavy atom. The number of rotatable bonds is 8. The molecule has 0 spiro atoms. The van der Waals surface area contributed by atoms with Gasteiger partial charge in [-0.05, 0) is 18.6 Å². The Morgan fingerprint density at radius 3 is 2.79 bits per heavy atom. The van der Waals surface area contributed by atoms with E-state index in [1.807, 2.05) is 29.1 Å². The third-order valence-corrected chi connectivity index (χ3v) is 3.58. The molecule has 0 radical (unpaired) electrons. The summed E-state index contributed by atoms with van der Waals surface area (Å²) in [7, 11) is 0. The van der Waals surface area contributed by atoms with Gasteiger partial charge in [0.2, 0.25) is 0 Å². The first-order chi connectivity index (χ1) is 9.31. The molecule has 1 aromatic carbocycles. The summed E-state index contributed by atoms with van der Waals surface area (Å²) in [5.41, 5.74) is 2.10. The number of imidazole rings is 1. The van der Waals surface area contributed by atoms with Crippen molar-refractivity contribution in [3.05, 3.63) is 30.6 Å². The summed E-state index contributed by atoms with van der Waals surface area (Å²) in [6, 6.07) is 8.06. The summed E-state index contributed by atoms with van der Waals surface area (Å²) in [4.78, 5) is 4.34. The summed E-state index contributed by atoms with van der Waals surface area (Å²) in [6.45, 7) is 2.87. The van der Waals surface area contributed by atoms with Crippen molar-refractivity contribution >= 4 is 11.0 Å². The molecule has 0 aliphatic carbocycles. The van der Waals surface area contributed by atoms with Crippen LogP contribution in [0.2, 0.25) is 0 Å². The van der Waals surface area contributed by atoms with E-state index in [4.69, 9.17) is 0 Å². The lowest BCUT2D eigenvalue weighted by atomic mass is 10.1. The van der Waals surface area contributed by atoms with Crippen LogP contribution in [-0.4, -0.2) is 20.8 Å². The van der Waals surface area contributed by atoms with Crippen LogP contribution in [0.15, 0.2) is 30.6 Å². The summed E-state index contributed by atoms with van der Waals surface area (Å²) in [5, 5.41) is 10.1. The van der Waals surface area contributed by atoms with E-state index >= 15 is 0 Å². The van der Waals surface area contributed by atoms with Crippen molar-refractivity contribution in [1.29, 1.82) is 0 Å². The molecule has 0 aliphatic rings. The smallest absolute Gasteiger partial charge is 0.0959 e. The van der Waals surface area contributed by atoms with E-state index in [-0.39, 0.29) is 6.10 Å². The largest absolute Gasteiger partial charge is 0.391 e. The fraction of sp³-hybridized carbons (Fsp3) is 0.562. The van der Waals surface area contributed by atoms with Crippen LogP contribution in [0, 0.1) is 0 Å². The molecule has 19 heavy (non-hydrogen) atoms. The highest BCUT2D eigenvalue weighted by atomic mass is 16.3. The minimum Gasteiger partial charge on any atom is -0.391 e. The molecule has 1 unspecified atom stereocenters. The number of aliphatic hydroxyl groups excluding tert-OH is 1. The van der Waals surface area contributed by atoms with E-state index in [1.165, 1.54) is 25.7 Å². The zero-order valence-corrected chi connectivity index (χ0v) is 11.8. The average molecular weight is 260 g/mol. The van der Waals surface area contributed by atoms with Crippen LogP contribution >= 0.6 is 0 Å². The first-order valence-electron chi connectivity index (χ1n) is 7.39. The lowest BCUT2D eigenvalue weighted by Gasteiger charge is -2.12. The van der Waals surface area contributed by atoms with Crippen molar-refractivity contribution in [2.24, 2.45) is 0 Å². The number of unbranched alkanes of at least 4 members (excludes halogenated alkanes) is 4. The number of hydrogen-bond donors (Lipinski definition) is 1. The third kappa shape index (κ3) is 4.06. The van der Waals surface area contributed by atoms with E-state index < -0.39 is 0 Å². The van der Waals surface area contributed by atoms with Gasteiger partial charge in [-0.2, -0.15) is 0 Å². The van der Waals surface area contributed by atoms with Gasteiger partial charge in [0.1, 0.15) is 0 Å². The van der Waals surface area contributed by atoms with Crippen LogP contribution in [0.1, 0.15) is 45.4 Å². The topological polar surface area (TPSA) is 38.0 Å². The Balaban J connectivity index is 1.80. The minimum absolute atomic E-state index is 0.265. The molecule has 1 N–H and O–H groups in total. The second-order valence-corrected chi connectivity index (χ2v) is 5.24. The number of aromatic nitrogens is 2. The maximum Gasteiger partial charge on any atom is 0.0959 e. The van der Waals surface area contributed by atoms with Crippen molar-refractivity contribution in [2.45, 2.75) is 58.1 Å². The van der Waals surface area contributed by atoms with Gasteiger partial charge in [0.15, 0.2) is 0 Å². The van der Waals surface area contributed by atoms with Crippen LogP contribution in [-0.2, 0) is 6.54 Å². The van der Waals surface area contributed by atoms with Gasteiger partial charge >= 0.3 is 0 Å². The first kappa shape index (κ1) is 14.1. The number of aliphatic hydroxyl groups is 1. The lowest BCUT2D eigenvalue weighted by Crippen LogP contribution is -2.15. The van der Waals surface area contributed by atoms with Crippen LogP contribution in [0.4, 0.5) is 0 Å². The predicted molar refractivity (Wildman–Crippen MR) is 79.1 cm³/mol. The SMILES string of the molecule is CCCCCCCC(O)Cn1cnc2ccccc21. The van der Waals surface area contributed by atoms with E-state index in [0.29, 0.717) is 6.54 Å². The van der Waals surface area contributed by atoms with Crippen molar-refractivity contribution < 1.29 is 5.11 Å². The fourth-order valence-corrected chi connectivity index (χ4v) is 2.46. The van der Waals surface area contributed by atoms with E-state index in [0.717, 1.165) is 23.9 Å². The molecule has 2 aromatic rings. The van der Waals surface area contributed by atoms with Gasteiger partial charge in [-0.1, -0.05) is 51.2 Å². The Hall–Kier alpha value is -1.35. The van der Waals surface area contributed by atoms with Crippen molar-refractivity contribution in [3.63, 3.8) is 0 Å². The zero-order valence-electron chi connectivity index (χ0n) is 11.8. The standard InChI is InChI=1S/C16H24N2O/c1-2-3-4-5-6-9-14(19)12-18-13-17-15-10-7-8-11-16(15)18/h7-8,10-11,13-14,19H,2-6,9,12H2,1H3. The van der Waals surface area contributed by atoms with Crippen molar-refractivity contribution in [2.75, 3.05) is 0 Å². The first-order valence-corrected chi connectivity index (χ1v) is 7.39. The number of fused-ring (bicyclic) bond motifs is 1. The van der Waals surface area contributed by atoms with Gasteiger partial charge in [-0.3, -0.25) is 0 Å². The highest BCUT2D eigenvalue weighted by Gasteiger charge is 2.07. The van der Waals surface area contributed by atoms with Gasteiger partial charge in [-0.15, -0.1) is 0 Å². The molecular formula is C16H24N2O. The third-order valence-electron chi connectivity index (χ3n) is 3.58. The second kappa shape index (κ2) is 7.29. The van der Waals surface area contributed by atoms with Gasteiger partial charge in [-0.25, -0.2) is 4.98 Å². The predicted octanol–water partition coefficient (Wildman–Crippen LogP) is 3.76. The Morgan fingerprint density at radius 1 is 1.16 bits per heavy atom. The number of nitrogens with zero attached hydrogens (tertiary/aromatic N) is 2. The molecule has 0 amide bonds. The van der Waals surface area contributed by atoms with Gasteiger partial charge in [0, 0.05) is 0 Å². The zero-order chi connectivity index (χ0) is 13.5. The van der Waals surface area contributed by atoms with Crippen LogP contribution in [0.25, 0.3) is 11.0 Å². The molecular weight excluding hydrogens is 236 g/mol. The van der Waals surface area contributed by atoms with Gasteiger partial charge < -0.3 is 9.67 Å². The van der Waals surface area contributed by atoms with Gasteiger partial charge in [0.05, 0.1) is 30.0 Å². The Kier molecular flexibility index (Phi) is 5.40. The molecule has 1 atom stereocenters. The molecule has 0 saturated heterocycles. The molecule has 0 saturated carbocycles. The quantitative estimate of drug-likeness (QED) is 0.734. The van der Waals surface area contributed by atoms with E-state index in [2.05, 4.69) is 18.0 Å². The summed E-state index contributed by atoms with van der Waals surface area (Å²) < 4.78 is 2.05. The summed E-state index contributed by atoms with van der Waals surface area (Å²) in [6.07, 6.45) is 8.66. The lowest BCUT2D eigenvalue weighted by molar-refractivity contribution is 0.142. The van der Waals surface area contributed by atoms with Crippen LogP contribution < -0.4 is 0 Å². The molecule has 0 fully saturated rings. The molecule has 0 bridgehead atoms. The number of benzene rings is 1. The fourth-order valence-electron chi connectivity index (χ4n) is 2.46. The Labute approximate surface area is 115 Å². The van der Waals surface area contributed by atoms with Crippen molar-refractivity contribution in [1.82, 2.24) is 9.55 Å². The monoisotopic (exact) mass is 260 g/mol. The maximum atomic E-state index is 10.1. The molecule has 1 heterocycles. The highest BCUT2D eigenvalue weighted by Crippen LogP contribution is 2.14. The molecule has 0 aliphatic heterocycles. The molecule has 3 heteroatoms. The van der Waals surface area contributed by atoms with Gasteiger partial charge in [0.25, 0.3) is 0 Å². The van der Waals surface area contributed by atoms with Crippen LogP contribution in [0.3, 0.4) is 0 Å². The Bertz CT molecular complexity index is 492. The second-order valence-electron chi connectivity index (χ2n) is 5.24. The maximum absolute atomic E-state index is 10.1. The summed E-state index contributed by atoms with van der Waals surface area (Å²) in [5.74, 6) is 0. The molecule has 104 valence electrons. The van der Waals surface area contributed by atoms with E-state index in [1.54, 1.807) is 0 Å². The number of hydrogen-bond acceptors (Lipinski definition) is 2. The molecule has 1 aromatic heterocycles.